The molecule has 3 N–H and O–H groups in total. The van der Waals surface area contributed by atoms with E-state index in [-0.39, 0.29) is 16.7 Å². The number of pyridine rings is 1. The van der Waals surface area contributed by atoms with Crippen molar-refractivity contribution in [2.24, 2.45) is 0 Å². The molecule has 0 saturated carbocycles. The number of carbonyl (C=O) groups is 1. The topological polar surface area (TPSA) is 68.0 Å². The first-order valence-electron chi connectivity index (χ1n) is 5.87. The molecule has 0 saturated heterocycles. The van der Waals surface area contributed by atoms with Crippen molar-refractivity contribution >= 4 is 44.8 Å². The number of aromatic nitrogens is 1. The molecule has 1 heterocycles. The van der Waals surface area contributed by atoms with Gasteiger partial charge in [-0.3, -0.25) is 4.79 Å². The number of hydrogen-bond donors (Lipinski definition) is 2. The van der Waals surface area contributed by atoms with Crippen LogP contribution in [0, 0.1) is 13.8 Å². The third-order valence-electron chi connectivity index (χ3n) is 2.82. The number of nitrogen functional groups attached to an aromatic ring is 1. The Morgan fingerprint density at radius 1 is 1.35 bits per heavy atom. The zero-order valence-electron chi connectivity index (χ0n) is 11.0. The molecule has 1 aromatic heterocycles. The SMILES string of the molecule is Cc1cc(C)c(NC(=O)c2cc(Cl)ncc2N)c(Br)c1. The molecule has 1 aromatic carbocycles. The molecule has 0 fully saturated rings. The summed E-state index contributed by atoms with van der Waals surface area (Å²) < 4.78 is 0.821. The maximum absolute atomic E-state index is 12.3. The molecule has 0 atom stereocenters. The van der Waals surface area contributed by atoms with Gasteiger partial charge in [-0.15, -0.1) is 0 Å². The van der Waals surface area contributed by atoms with Crippen LogP contribution >= 0.6 is 27.5 Å². The maximum atomic E-state index is 12.3. The van der Waals surface area contributed by atoms with Gasteiger partial charge >= 0.3 is 0 Å². The zero-order chi connectivity index (χ0) is 14.9. The minimum atomic E-state index is -0.320. The van der Waals surface area contributed by atoms with Crippen molar-refractivity contribution in [2.45, 2.75) is 13.8 Å². The second kappa shape index (κ2) is 5.81. The summed E-state index contributed by atoms with van der Waals surface area (Å²) in [6.07, 6.45) is 1.37. The second-order valence-electron chi connectivity index (χ2n) is 4.49. The molecule has 0 aliphatic carbocycles. The van der Waals surface area contributed by atoms with E-state index in [0.717, 1.165) is 15.6 Å². The number of halogens is 2. The third kappa shape index (κ3) is 3.11. The van der Waals surface area contributed by atoms with Crippen LogP contribution in [-0.4, -0.2) is 10.9 Å². The Morgan fingerprint density at radius 3 is 2.70 bits per heavy atom. The van der Waals surface area contributed by atoms with E-state index in [1.54, 1.807) is 0 Å². The van der Waals surface area contributed by atoms with Gasteiger partial charge in [0.05, 0.1) is 23.1 Å². The molecule has 0 aliphatic rings. The smallest absolute Gasteiger partial charge is 0.257 e. The predicted molar refractivity (Wildman–Crippen MR) is 85.2 cm³/mol. The van der Waals surface area contributed by atoms with Gasteiger partial charge in [-0.1, -0.05) is 17.7 Å². The largest absolute Gasteiger partial charge is 0.397 e. The Morgan fingerprint density at radius 2 is 2.05 bits per heavy atom. The highest BCUT2D eigenvalue weighted by atomic mass is 79.9. The molecule has 104 valence electrons. The quantitative estimate of drug-likeness (QED) is 0.802. The number of rotatable bonds is 2. The van der Waals surface area contributed by atoms with Crippen molar-refractivity contribution in [1.82, 2.24) is 4.98 Å². The maximum Gasteiger partial charge on any atom is 0.257 e. The van der Waals surface area contributed by atoms with Gasteiger partial charge in [-0.25, -0.2) is 4.98 Å². The minimum Gasteiger partial charge on any atom is -0.397 e. The lowest BCUT2D eigenvalue weighted by Gasteiger charge is -2.12. The van der Waals surface area contributed by atoms with Crippen molar-refractivity contribution in [1.29, 1.82) is 0 Å². The summed E-state index contributed by atoms with van der Waals surface area (Å²) in [5, 5.41) is 3.06. The number of carbonyl (C=O) groups excluding carboxylic acids is 1. The molecule has 0 aliphatic heterocycles. The van der Waals surface area contributed by atoms with Gasteiger partial charge in [0.25, 0.3) is 5.91 Å². The van der Waals surface area contributed by atoms with Crippen LogP contribution in [0.3, 0.4) is 0 Å². The van der Waals surface area contributed by atoms with Crippen molar-refractivity contribution < 1.29 is 4.79 Å². The van der Waals surface area contributed by atoms with E-state index in [9.17, 15) is 4.79 Å². The summed E-state index contributed by atoms with van der Waals surface area (Å²) in [5.74, 6) is -0.320. The fourth-order valence-electron chi connectivity index (χ4n) is 1.89. The molecular weight excluding hydrogens is 342 g/mol. The van der Waals surface area contributed by atoms with Crippen LogP contribution in [0.25, 0.3) is 0 Å². The minimum absolute atomic E-state index is 0.226. The van der Waals surface area contributed by atoms with Crippen LogP contribution in [0.1, 0.15) is 21.5 Å². The lowest BCUT2D eigenvalue weighted by molar-refractivity contribution is 0.102. The first kappa shape index (κ1) is 14.8. The Kier molecular flexibility index (Phi) is 4.30. The lowest BCUT2D eigenvalue weighted by atomic mass is 10.1. The van der Waals surface area contributed by atoms with E-state index >= 15 is 0 Å². The van der Waals surface area contributed by atoms with Gasteiger partial charge in [0.1, 0.15) is 5.15 Å². The van der Waals surface area contributed by atoms with Crippen LogP contribution in [-0.2, 0) is 0 Å². The summed E-state index contributed by atoms with van der Waals surface area (Å²) >= 11 is 9.24. The first-order chi connectivity index (χ1) is 9.38. The van der Waals surface area contributed by atoms with Crippen LogP contribution in [0.4, 0.5) is 11.4 Å². The Bertz CT molecular complexity index is 665. The molecule has 0 unspecified atom stereocenters. The summed E-state index contributed by atoms with van der Waals surface area (Å²) in [6, 6.07) is 5.37. The lowest BCUT2D eigenvalue weighted by Crippen LogP contribution is -2.15. The number of hydrogen-bond acceptors (Lipinski definition) is 3. The molecule has 2 rings (SSSR count). The van der Waals surface area contributed by atoms with E-state index in [4.69, 9.17) is 17.3 Å². The molecule has 6 heteroatoms. The predicted octanol–water partition coefficient (Wildman–Crippen LogP) is 3.95. The summed E-state index contributed by atoms with van der Waals surface area (Å²) in [4.78, 5) is 16.1. The van der Waals surface area contributed by atoms with Crippen molar-refractivity contribution in [2.75, 3.05) is 11.1 Å². The molecular formula is C14H13BrClN3O. The summed E-state index contributed by atoms with van der Waals surface area (Å²) in [7, 11) is 0. The number of anilines is 2. The van der Waals surface area contributed by atoms with Crippen molar-refractivity contribution in [3.05, 3.63) is 50.7 Å². The van der Waals surface area contributed by atoms with Crippen LogP contribution in [0.5, 0.6) is 0 Å². The Hall–Kier alpha value is -1.59. The molecule has 0 radical (unpaired) electrons. The Labute approximate surface area is 130 Å². The van der Waals surface area contributed by atoms with E-state index in [0.29, 0.717) is 11.3 Å². The van der Waals surface area contributed by atoms with Crippen LogP contribution in [0.2, 0.25) is 5.15 Å². The van der Waals surface area contributed by atoms with E-state index in [1.165, 1.54) is 12.3 Å². The van der Waals surface area contributed by atoms with Gasteiger partial charge in [0.2, 0.25) is 0 Å². The number of nitrogens with zero attached hydrogens (tertiary/aromatic N) is 1. The molecule has 20 heavy (non-hydrogen) atoms. The number of nitrogens with one attached hydrogen (secondary N) is 1. The number of nitrogens with two attached hydrogens (primary N) is 1. The van der Waals surface area contributed by atoms with Crippen molar-refractivity contribution in [3.8, 4) is 0 Å². The number of amides is 1. The van der Waals surface area contributed by atoms with Crippen LogP contribution in [0.15, 0.2) is 28.9 Å². The summed E-state index contributed by atoms with van der Waals surface area (Å²) in [5.41, 5.74) is 9.13. The third-order valence-corrected chi connectivity index (χ3v) is 3.65. The number of aryl methyl sites for hydroxylation is 2. The molecule has 4 nitrogen and oxygen atoms in total. The average molecular weight is 355 g/mol. The van der Waals surface area contributed by atoms with Crippen molar-refractivity contribution in [3.63, 3.8) is 0 Å². The van der Waals surface area contributed by atoms with Gasteiger partial charge in [-0.05, 0) is 53.0 Å². The normalized spacial score (nSPS) is 10.4. The van der Waals surface area contributed by atoms with Gasteiger partial charge in [0, 0.05) is 4.47 Å². The second-order valence-corrected chi connectivity index (χ2v) is 5.73. The first-order valence-corrected chi connectivity index (χ1v) is 7.04. The highest BCUT2D eigenvalue weighted by Crippen LogP contribution is 2.28. The highest BCUT2D eigenvalue weighted by Gasteiger charge is 2.14. The van der Waals surface area contributed by atoms with Gasteiger partial charge in [-0.2, -0.15) is 0 Å². The molecule has 0 spiro atoms. The monoisotopic (exact) mass is 353 g/mol. The Balaban J connectivity index is 2.35. The van der Waals surface area contributed by atoms with E-state index in [2.05, 4.69) is 26.2 Å². The average Bonchev–Trinajstić information content (AvgIpc) is 2.36. The fraction of sp³-hybridized carbons (Fsp3) is 0.143. The van der Waals surface area contributed by atoms with E-state index < -0.39 is 0 Å². The molecule has 1 amide bonds. The molecule has 2 aromatic rings. The zero-order valence-corrected chi connectivity index (χ0v) is 13.3. The standard InChI is InChI=1S/C14H13BrClN3O/c1-7-3-8(2)13(10(15)4-7)19-14(20)9-5-12(16)18-6-11(9)17/h3-6H,17H2,1-2H3,(H,19,20). The van der Waals surface area contributed by atoms with Gasteiger partial charge < -0.3 is 11.1 Å². The fourth-order valence-corrected chi connectivity index (χ4v) is 2.82. The van der Waals surface area contributed by atoms with E-state index in [1.807, 2.05) is 26.0 Å². The van der Waals surface area contributed by atoms with Crippen LogP contribution < -0.4 is 11.1 Å². The summed E-state index contributed by atoms with van der Waals surface area (Å²) in [6.45, 7) is 3.92. The number of benzene rings is 1. The molecule has 0 bridgehead atoms. The highest BCUT2D eigenvalue weighted by molar-refractivity contribution is 9.10. The van der Waals surface area contributed by atoms with Gasteiger partial charge in [0.15, 0.2) is 0 Å².